The maximum Gasteiger partial charge on any atom is 0.266 e. The number of rotatable bonds is 5. The fraction of sp³-hybridized carbons (Fsp3) is 0.238. The van der Waals surface area contributed by atoms with Gasteiger partial charge < -0.3 is 10.1 Å². The summed E-state index contributed by atoms with van der Waals surface area (Å²) in [5.74, 6) is 0.286. The molecule has 0 heterocycles. The molecule has 5 heteroatoms. The SMILES string of the molecule is Cc1ccc(NC(=O)/C(C#N)=C/c2ccc(OC(C)C)c(Br)c2)c(C)c1. The third kappa shape index (κ3) is 5.21. The predicted molar refractivity (Wildman–Crippen MR) is 108 cm³/mol. The van der Waals surface area contributed by atoms with Gasteiger partial charge in [-0.25, -0.2) is 0 Å². The molecule has 2 aromatic carbocycles. The highest BCUT2D eigenvalue weighted by Crippen LogP contribution is 2.28. The molecular formula is C21H21BrN2O2. The number of carbonyl (C=O) groups is 1. The zero-order valence-corrected chi connectivity index (χ0v) is 16.8. The second-order valence-corrected chi connectivity index (χ2v) is 7.15. The number of anilines is 1. The molecule has 0 aromatic heterocycles. The number of carbonyl (C=O) groups excluding carboxylic acids is 1. The molecule has 134 valence electrons. The van der Waals surface area contributed by atoms with Crippen molar-refractivity contribution >= 4 is 33.6 Å². The molecule has 0 radical (unpaired) electrons. The first kappa shape index (κ1) is 19.7. The van der Waals surface area contributed by atoms with E-state index in [2.05, 4.69) is 21.2 Å². The molecule has 0 aliphatic heterocycles. The van der Waals surface area contributed by atoms with Crippen LogP contribution in [-0.4, -0.2) is 12.0 Å². The molecule has 0 bridgehead atoms. The maximum atomic E-state index is 12.4. The minimum Gasteiger partial charge on any atom is -0.490 e. The Labute approximate surface area is 162 Å². The highest BCUT2D eigenvalue weighted by atomic mass is 79.9. The zero-order chi connectivity index (χ0) is 19.3. The minimum atomic E-state index is -0.432. The number of nitrogens with one attached hydrogen (secondary N) is 1. The Balaban J connectivity index is 2.23. The normalized spacial score (nSPS) is 11.2. The van der Waals surface area contributed by atoms with Gasteiger partial charge in [0, 0.05) is 5.69 Å². The van der Waals surface area contributed by atoms with E-state index >= 15 is 0 Å². The lowest BCUT2D eigenvalue weighted by atomic mass is 10.1. The molecule has 0 spiro atoms. The lowest BCUT2D eigenvalue weighted by Gasteiger charge is -2.12. The fourth-order valence-electron chi connectivity index (χ4n) is 2.42. The Morgan fingerprint density at radius 3 is 2.54 bits per heavy atom. The van der Waals surface area contributed by atoms with Gasteiger partial charge in [-0.15, -0.1) is 0 Å². The van der Waals surface area contributed by atoms with Crippen LogP contribution in [0.25, 0.3) is 6.08 Å². The molecule has 0 aliphatic rings. The average Bonchev–Trinajstić information content (AvgIpc) is 2.57. The highest BCUT2D eigenvalue weighted by Gasteiger charge is 2.12. The van der Waals surface area contributed by atoms with Crippen LogP contribution in [0.4, 0.5) is 5.69 Å². The van der Waals surface area contributed by atoms with Crippen LogP contribution >= 0.6 is 15.9 Å². The van der Waals surface area contributed by atoms with Crippen LogP contribution in [0, 0.1) is 25.2 Å². The van der Waals surface area contributed by atoms with E-state index in [1.165, 1.54) is 0 Å². The topological polar surface area (TPSA) is 62.1 Å². The number of benzene rings is 2. The van der Waals surface area contributed by atoms with E-state index in [0.717, 1.165) is 26.9 Å². The Morgan fingerprint density at radius 1 is 1.23 bits per heavy atom. The number of aryl methyl sites for hydroxylation is 2. The first-order chi connectivity index (χ1) is 12.3. The van der Waals surface area contributed by atoms with Crippen molar-refractivity contribution in [2.24, 2.45) is 0 Å². The van der Waals surface area contributed by atoms with E-state index in [1.54, 1.807) is 6.08 Å². The molecule has 0 fully saturated rings. The van der Waals surface area contributed by atoms with Crippen molar-refractivity contribution in [1.29, 1.82) is 5.26 Å². The van der Waals surface area contributed by atoms with Crippen LogP contribution in [0.15, 0.2) is 46.4 Å². The fourth-order valence-corrected chi connectivity index (χ4v) is 2.91. The maximum absolute atomic E-state index is 12.4. The van der Waals surface area contributed by atoms with Crippen LogP contribution in [0.2, 0.25) is 0 Å². The molecule has 0 aliphatic carbocycles. The van der Waals surface area contributed by atoms with Crippen molar-refractivity contribution in [3.63, 3.8) is 0 Å². The van der Waals surface area contributed by atoms with E-state index in [-0.39, 0.29) is 11.7 Å². The molecule has 26 heavy (non-hydrogen) atoms. The molecule has 4 nitrogen and oxygen atoms in total. The summed E-state index contributed by atoms with van der Waals surface area (Å²) in [5.41, 5.74) is 3.54. The zero-order valence-electron chi connectivity index (χ0n) is 15.3. The standard InChI is InChI=1S/C21H21BrN2O2/c1-13(2)26-20-8-6-16(11-18(20)22)10-17(12-23)21(25)24-19-7-5-14(3)9-15(19)4/h5-11,13H,1-4H3,(H,24,25)/b17-10+. The molecule has 2 aromatic rings. The van der Waals surface area contributed by atoms with E-state index < -0.39 is 5.91 Å². The summed E-state index contributed by atoms with van der Waals surface area (Å²) in [7, 11) is 0. The van der Waals surface area contributed by atoms with Crippen LogP contribution in [-0.2, 0) is 4.79 Å². The number of hydrogen-bond donors (Lipinski definition) is 1. The highest BCUT2D eigenvalue weighted by molar-refractivity contribution is 9.10. The summed E-state index contributed by atoms with van der Waals surface area (Å²) in [4.78, 5) is 12.4. The van der Waals surface area contributed by atoms with Crippen molar-refractivity contribution in [1.82, 2.24) is 0 Å². The average molecular weight is 413 g/mol. The second-order valence-electron chi connectivity index (χ2n) is 6.30. The summed E-state index contributed by atoms with van der Waals surface area (Å²) in [6, 6.07) is 13.2. The number of amides is 1. The lowest BCUT2D eigenvalue weighted by molar-refractivity contribution is -0.112. The van der Waals surface area contributed by atoms with Gasteiger partial charge in [-0.2, -0.15) is 5.26 Å². The van der Waals surface area contributed by atoms with Crippen molar-refractivity contribution in [2.45, 2.75) is 33.8 Å². The smallest absolute Gasteiger partial charge is 0.266 e. The number of nitriles is 1. The van der Waals surface area contributed by atoms with Crippen molar-refractivity contribution in [3.8, 4) is 11.8 Å². The van der Waals surface area contributed by atoms with Gasteiger partial charge in [0.2, 0.25) is 0 Å². The quantitative estimate of drug-likeness (QED) is 0.528. The van der Waals surface area contributed by atoms with Gasteiger partial charge in [-0.3, -0.25) is 4.79 Å². The summed E-state index contributed by atoms with van der Waals surface area (Å²) >= 11 is 3.46. The summed E-state index contributed by atoms with van der Waals surface area (Å²) < 4.78 is 6.44. The predicted octanol–water partition coefficient (Wildman–Crippen LogP) is 5.40. The third-order valence-electron chi connectivity index (χ3n) is 3.62. The van der Waals surface area contributed by atoms with Gasteiger partial charge in [0.25, 0.3) is 5.91 Å². The molecule has 1 N–H and O–H groups in total. The summed E-state index contributed by atoms with van der Waals surface area (Å²) in [5, 5.41) is 12.2. The molecule has 0 unspecified atom stereocenters. The van der Waals surface area contributed by atoms with Gasteiger partial charge >= 0.3 is 0 Å². The molecule has 0 atom stereocenters. The van der Waals surface area contributed by atoms with Gasteiger partial charge in [0.15, 0.2) is 0 Å². The van der Waals surface area contributed by atoms with E-state index in [9.17, 15) is 10.1 Å². The largest absolute Gasteiger partial charge is 0.490 e. The Morgan fingerprint density at radius 2 is 1.96 bits per heavy atom. The van der Waals surface area contributed by atoms with Crippen molar-refractivity contribution in [3.05, 3.63) is 63.1 Å². The minimum absolute atomic E-state index is 0.0365. The Kier molecular flexibility index (Phi) is 6.59. The van der Waals surface area contributed by atoms with Gasteiger partial charge in [-0.05, 0) is 79.0 Å². The van der Waals surface area contributed by atoms with Crippen LogP contribution < -0.4 is 10.1 Å². The van der Waals surface area contributed by atoms with Gasteiger partial charge in [0.05, 0.1) is 10.6 Å². The molecule has 1 amide bonds. The number of hydrogen-bond acceptors (Lipinski definition) is 3. The first-order valence-corrected chi connectivity index (χ1v) is 9.06. The monoisotopic (exact) mass is 412 g/mol. The van der Waals surface area contributed by atoms with Gasteiger partial charge in [0.1, 0.15) is 17.4 Å². The van der Waals surface area contributed by atoms with Crippen LogP contribution in [0.1, 0.15) is 30.5 Å². The lowest BCUT2D eigenvalue weighted by Crippen LogP contribution is -2.14. The second kappa shape index (κ2) is 8.68. The van der Waals surface area contributed by atoms with Crippen LogP contribution in [0.5, 0.6) is 5.75 Å². The Bertz CT molecular complexity index is 895. The molecule has 2 rings (SSSR count). The van der Waals surface area contributed by atoms with E-state index in [4.69, 9.17) is 4.74 Å². The first-order valence-electron chi connectivity index (χ1n) is 8.26. The summed E-state index contributed by atoms with van der Waals surface area (Å²) in [6.45, 7) is 7.81. The number of halogens is 1. The van der Waals surface area contributed by atoms with Crippen LogP contribution in [0.3, 0.4) is 0 Å². The molecular weight excluding hydrogens is 392 g/mol. The van der Waals surface area contributed by atoms with Crippen molar-refractivity contribution < 1.29 is 9.53 Å². The van der Waals surface area contributed by atoms with Crippen molar-refractivity contribution in [2.75, 3.05) is 5.32 Å². The molecule has 0 saturated carbocycles. The molecule has 0 saturated heterocycles. The Hall–Kier alpha value is -2.58. The van der Waals surface area contributed by atoms with Gasteiger partial charge in [-0.1, -0.05) is 23.8 Å². The third-order valence-corrected chi connectivity index (χ3v) is 4.24. The number of ether oxygens (including phenoxy) is 1. The van der Waals surface area contributed by atoms with E-state index in [0.29, 0.717) is 5.69 Å². The summed E-state index contributed by atoms with van der Waals surface area (Å²) in [6.07, 6.45) is 1.62. The van der Waals surface area contributed by atoms with E-state index in [1.807, 2.05) is 70.2 Å². The number of nitrogens with zero attached hydrogens (tertiary/aromatic N) is 1.